The first kappa shape index (κ1) is 12.7. The van der Waals surface area contributed by atoms with E-state index in [0.29, 0.717) is 12.0 Å². The first-order valence-corrected chi connectivity index (χ1v) is 6.70. The average Bonchev–Trinajstić information content (AvgIpc) is 2.92. The maximum absolute atomic E-state index is 3.58. The van der Waals surface area contributed by atoms with Crippen molar-refractivity contribution in [3.05, 3.63) is 48.8 Å². The molecule has 1 N–H and O–H groups in total. The number of rotatable bonds is 5. The van der Waals surface area contributed by atoms with Gasteiger partial charge in [0.25, 0.3) is 0 Å². The normalized spacial score (nSPS) is 14.2. The van der Waals surface area contributed by atoms with E-state index < -0.39 is 0 Å². The van der Waals surface area contributed by atoms with Crippen LogP contribution in [-0.4, -0.2) is 10.6 Å². The Kier molecular flexibility index (Phi) is 4.08. The van der Waals surface area contributed by atoms with Gasteiger partial charge in [-0.3, -0.25) is 0 Å². The quantitative estimate of drug-likeness (QED) is 0.826. The van der Waals surface area contributed by atoms with Crippen LogP contribution in [0.25, 0.3) is 5.69 Å². The van der Waals surface area contributed by atoms with E-state index in [9.17, 15) is 0 Å². The molecule has 2 atom stereocenters. The lowest BCUT2D eigenvalue weighted by atomic mass is 10.0. The summed E-state index contributed by atoms with van der Waals surface area (Å²) in [6.07, 6.45) is 5.33. The SMILES string of the molecule is CCC(C)C(C)Nc1cccc(-n2cccc2)c1. The molecule has 0 amide bonds. The number of nitrogens with one attached hydrogen (secondary N) is 1. The van der Waals surface area contributed by atoms with Gasteiger partial charge in [-0.15, -0.1) is 0 Å². The zero-order valence-electron chi connectivity index (χ0n) is 11.4. The Balaban J connectivity index is 2.13. The molecule has 2 aromatic rings. The Bertz CT molecular complexity index is 474. The Labute approximate surface area is 110 Å². The third kappa shape index (κ3) is 2.95. The lowest BCUT2D eigenvalue weighted by Gasteiger charge is -2.21. The fourth-order valence-electron chi connectivity index (χ4n) is 2.02. The number of nitrogens with zero attached hydrogens (tertiary/aromatic N) is 1. The summed E-state index contributed by atoms with van der Waals surface area (Å²) in [5.74, 6) is 0.681. The van der Waals surface area contributed by atoms with Gasteiger partial charge in [0.15, 0.2) is 0 Å². The number of aromatic nitrogens is 1. The van der Waals surface area contributed by atoms with Gasteiger partial charge in [0.05, 0.1) is 0 Å². The van der Waals surface area contributed by atoms with Gasteiger partial charge in [0, 0.05) is 29.8 Å². The molecule has 2 rings (SSSR count). The molecule has 0 aliphatic carbocycles. The summed E-state index contributed by atoms with van der Waals surface area (Å²) in [4.78, 5) is 0. The van der Waals surface area contributed by atoms with Crippen molar-refractivity contribution in [2.24, 2.45) is 5.92 Å². The molecule has 1 heterocycles. The van der Waals surface area contributed by atoms with Gasteiger partial charge in [0.2, 0.25) is 0 Å². The molecule has 18 heavy (non-hydrogen) atoms. The molecule has 0 aliphatic heterocycles. The predicted molar refractivity (Wildman–Crippen MR) is 78.3 cm³/mol. The van der Waals surface area contributed by atoms with Crippen LogP contribution < -0.4 is 5.32 Å². The smallest absolute Gasteiger partial charge is 0.0469 e. The Morgan fingerprint density at radius 3 is 2.50 bits per heavy atom. The molecule has 0 fully saturated rings. The number of hydrogen-bond acceptors (Lipinski definition) is 1. The van der Waals surface area contributed by atoms with Crippen molar-refractivity contribution < 1.29 is 0 Å². The van der Waals surface area contributed by atoms with Crippen LogP contribution in [0.3, 0.4) is 0 Å². The second kappa shape index (κ2) is 5.76. The van der Waals surface area contributed by atoms with E-state index in [4.69, 9.17) is 0 Å². The predicted octanol–water partition coefficient (Wildman–Crippen LogP) is 4.32. The molecule has 0 radical (unpaired) electrons. The Morgan fingerprint density at radius 2 is 1.83 bits per heavy atom. The summed E-state index contributed by atoms with van der Waals surface area (Å²) < 4.78 is 2.12. The van der Waals surface area contributed by atoms with E-state index in [1.165, 1.54) is 17.8 Å². The molecule has 0 aliphatic rings. The molecule has 1 aromatic carbocycles. The minimum absolute atomic E-state index is 0.495. The van der Waals surface area contributed by atoms with Gasteiger partial charge in [-0.1, -0.05) is 26.3 Å². The molecule has 2 heteroatoms. The maximum atomic E-state index is 3.58. The van der Waals surface area contributed by atoms with E-state index in [-0.39, 0.29) is 0 Å². The van der Waals surface area contributed by atoms with Crippen LogP contribution in [0.15, 0.2) is 48.8 Å². The van der Waals surface area contributed by atoms with E-state index in [1.54, 1.807) is 0 Å². The van der Waals surface area contributed by atoms with Crippen LogP contribution in [0.1, 0.15) is 27.2 Å². The van der Waals surface area contributed by atoms with Crippen LogP contribution >= 0.6 is 0 Å². The molecule has 1 aromatic heterocycles. The second-order valence-corrected chi connectivity index (χ2v) is 4.96. The van der Waals surface area contributed by atoms with Gasteiger partial charge in [-0.25, -0.2) is 0 Å². The van der Waals surface area contributed by atoms with Crippen LogP contribution in [0.2, 0.25) is 0 Å². The minimum Gasteiger partial charge on any atom is -0.382 e. The van der Waals surface area contributed by atoms with Gasteiger partial charge >= 0.3 is 0 Å². The highest BCUT2D eigenvalue weighted by atomic mass is 15.0. The number of hydrogen-bond donors (Lipinski definition) is 1. The largest absolute Gasteiger partial charge is 0.382 e. The molecule has 2 unspecified atom stereocenters. The highest BCUT2D eigenvalue weighted by Gasteiger charge is 2.09. The third-order valence-corrected chi connectivity index (χ3v) is 3.64. The lowest BCUT2D eigenvalue weighted by molar-refractivity contribution is 0.494. The second-order valence-electron chi connectivity index (χ2n) is 4.96. The van der Waals surface area contributed by atoms with Gasteiger partial charge in [0.1, 0.15) is 0 Å². The van der Waals surface area contributed by atoms with Crippen molar-refractivity contribution in [2.75, 3.05) is 5.32 Å². The first-order valence-electron chi connectivity index (χ1n) is 6.70. The highest BCUT2D eigenvalue weighted by Crippen LogP contribution is 2.18. The molecular weight excluding hydrogens is 220 g/mol. The van der Waals surface area contributed by atoms with Crippen molar-refractivity contribution in [3.8, 4) is 5.69 Å². The van der Waals surface area contributed by atoms with Crippen molar-refractivity contribution in [1.29, 1.82) is 0 Å². The van der Waals surface area contributed by atoms with E-state index in [2.05, 4.69) is 67.3 Å². The lowest BCUT2D eigenvalue weighted by Crippen LogP contribution is -2.23. The topological polar surface area (TPSA) is 17.0 Å². The van der Waals surface area contributed by atoms with Crippen LogP contribution in [0, 0.1) is 5.92 Å². The fourth-order valence-corrected chi connectivity index (χ4v) is 2.02. The van der Waals surface area contributed by atoms with E-state index in [1.807, 2.05) is 12.1 Å². The first-order chi connectivity index (χ1) is 8.70. The third-order valence-electron chi connectivity index (χ3n) is 3.64. The summed E-state index contributed by atoms with van der Waals surface area (Å²) in [5.41, 5.74) is 2.38. The summed E-state index contributed by atoms with van der Waals surface area (Å²) >= 11 is 0. The molecular formula is C16H22N2. The number of benzene rings is 1. The van der Waals surface area contributed by atoms with Gasteiger partial charge in [-0.05, 0) is 43.2 Å². The summed E-state index contributed by atoms with van der Waals surface area (Å²) in [7, 11) is 0. The highest BCUT2D eigenvalue weighted by molar-refractivity contribution is 5.51. The zero-order chi connectivity index (χ0) is 13.0. The molecule has 0 spiro atoms. The van der Waals surface area contributed by atoms with Crippen molar-refractivity contribution in [1.82, 2.24) is 4.57 Å². The minimum atomic E-state index is 0.495. The molecule has 2 nitrogen and oxygen atoms in total. The van der Waals surface area contributed by atoms with E-state index in [0.717, 1.165) is 0 Å². The Morgan fingerprint density at radius 1 is 1.11 bits per heavy atom. The monoisotopic (exact) mass is 242 g/mol. The summed E-state index contributed by atoms with van der Waals surface area (Å²) in [5, 5.41) is 3.58. The number of anilines is 1. The molecule has 0 bridgehead atoms. The average molecular weight is 242 g/mol. The van der Waals surface area contributed by atoms with E-state index >= 15 is 0 Å². The molecule has 0 saturated carbocycles. The van der Waals surface area contributed by atoms with Crippen LogP contribution in [0.4, 0.5) is 5.69 Å². The van der Waals surface area contributed by atoms with Gasteiger partial charge < -0.3 is 9.88 Å². The van der Waals surface area contributed by atoms with Gasteiger partial charge in [-0.2, -0.15) is 0 Å². The zero-order valence-corrected chi connectivity index (χ0v) is 11.4. The summed E-state index contributed by atoms with van der Waals surface area (Å²) in [6.45, 7) is 6.77. The molecule has 96 valence electrons. The molecule has 0 saturated heterocycles. The van der Waals surface area contributed by atoms with Crippen LogP contribution in [-0.2, 0) is 0 Å². The Hall–Kier alpha value is -1.70. The van der Waals surface area contributed by atoms with Crippen molar-refractivity contribution in [3.63, 3.8) is 0 Å². The fraction of sp³-hybridized carbons (Fsp3) is 0.375. The summed E-state index contributed by atoms with van der Waals surface area (Å²) in [6, 6.07) is 13.1. The maximum Gasteiger partial charge on any atom is 0.0469 e. The van der Waals surface area contributed by atoms with Crippen LogP contribution in [0.5, 0.6) is 0 Å². The van der Waals surface area contributed by atoms with Crippen molar-refractivity contribution >= 4 is 5.69 Å². The standard InChI is InChI=1S/C16H22N2/c1-4-13(2)14(3)17-15-8-7-9-16(12-15)18-10-5-6-11-18/h5-14,17H,4H2,1-3H3. The van der Waals surface area contributed by atoms with Crippen molar-refractivity contribution in [2.45, 2.75) is 33.2 Å².